The lowest BCUT2D eigenvalue weighted by Gasteiger charge is -2.27. The maximum absolute atomic E-state index is 13.4. The van der Waals surface area contributed by atoms with E-state index in [-0.39, 0.29) is 11.3 Å². The maximum atomic E-state index is 13.4. The van der Waals surface area contributed by atoms with Gasteiger partial charge in [-0.05, 0) is 48.9 Å². The maximum Gasteiger partial charge on any atom is 0.346 e. The van der Waals surface area contributed by atoms with Gasteiger partial charge < -0.3 is 19.0 Å². The molecule has 0 amide bonds. The van der Waals surface area contributed by atoms with Crippen molar-refractivity contribution in [1.29, 1.82) is 0 Å². The Morgan fingerprint density at radius 2 is 1.67 bits per heavy atom. The van der Waals surface area contributed by atoms with Crippen LogP contribution in [-0.4, -0.2) is 70.6 Å². The van der Waals surface area contributed by atoms with Crippen LogP contribution in [0.25, 0.3) is 0 Å². The van der Waals surface area contributed by atoms with Crippen LogP contribution in [0.15, 0.2) is 53.4 Å². The van der Waals surface area contributed by atoms with Gasteiger partial charge >= 0.3 is 5.97 Å². The molecule has 1 unspecified atom stereocenters. The summed E-state index contributed by atoms with van der Waals surface area (Å²) in [6.45, 7) is 5.89. The van der Waals surface area contributed by atoms with Crippen LogP contribution in [0.2, 0.25) is 0 Å². The molecule has 10 heteroatoms. The van der Waals surface area contributed by atoms with Gasteiger partial charge in [0.1, 0.15) is 18.1 Å². The Kier molecular flexibility index (Phi) is 8.30. The van der Waals surface area contributed by atoms with E-state index in [1.54, 1.807) is 24.3 Å². The summed E-state index contributed by atoms with van der Waals surface area (Å²) in [7, 11) is -2.65. The zero-order valence-electron chi connectivity index (χ0n) is 18.9. The number of nitrogens with two attached hydrogens (primary N) is 1. The first-order valence-corrected chi connectivity index (χ1v) is 12.1. The third-order valence-electron chi connectivity index (χ3n) is 5.75. The molecule has 2 aromatic carbocycles. The van der Waals surface area contributed by atoms with Crippen molar-refractivity contribution < 1.29 is 32.3 Å². The lowest BCUT2D eigenvalue weighted by Crippen LogP contribution is -2.47. The fourth-order valence-corrected chi connectivity index (χ4v) is 5.27. The highest BCUT2D eigenvalue weighted by molar-refractivity contribution is 7.93. The first-order chi connectivity index (χ1) is 15.8. The Labute approximate surface area is 194 Å². The molecule has 0 aromatic heterocycles. The zero-order valence-corrected chi connectivity index (χ0v) is 19.7. The van der Waals surface area contributed by atoms with Crippen LogP contribution >= 0.6 is 0 Å². The number of hydrogen-bond acceptors (Lipinski definition) is 9. The van der Waals surface area contributed by atoms with Gasteiger partial charge in [-0.15, -0.1) is 0 Å². The third kappa shape index (κ3) is 5.83. The van der Waals surface area contributed by atoms with Crippen molar-refractivity contribution in [3.05, 3.63) is 54.1 Å². The number of rotatable bonds is 10. The molecule has 0 spiro atoms. The number of carbonyl (C=O) groups excluding carboxylic acids is 1. The van der Waals surface area contributed by atoms with Crippen molar-refractivity contribution in [1.82, 2.24) is 4.90 Å². The van der Waals surface area contributed by atoms with E-state index >= 15 is 0 Å². The number of morpholine rings is 1. The van der Waals surface area contributed by atoms with E-state index in [1.807, 2.05) is 0 Å². The second-order valence-electron chi connectivity index (χ2n) is 7.94. The van der Waals surface area contributed by atoms with Crippen LogP contribution in [-0.2, 0) is 30.6 Å². The molecule has 2 aromatic rings. The number of carbonyl (C=O) groups is 1. The van der Waals surface area contributed by atoms with Crippen LogP contribution in [0.3, 0.4) is 0 Å². The van der Waals surface area contributed by atoms with E-state index in [4.69, 9.17) is 20.1 Å². The first-order valence-electron chi connectivity index (χ1n) is 10.6. The molecule has 0 radical (unpaired) electrons. The van der Waals surface area contributed by atoms with E-state index in [2.05, 4.69) is 9.74 Å². The molecule has 0 aliphatic carbocycles. The summed E-state index contributed by atoms with van der Waals surface area (Å²) in [5, 5.41) is 0. The standard InChI is InChI=1S/C23H30N2O7S/c1-23(22(26)32-24,33(27,28)21-9-7-19(29-2)8-10-21)17-18-3-5-20(6-4-18)31-16-13-25-11-14-30-15-12-25/h3-10H,11-17,24H2,1-2H3. The van der Waals surface area contributed by atoms with E-state index in [1.165, 1.54) is 38.3 Å². The number of benzene rings is 2. The van der Waals surface area contributed by atoms with E-state index in [0.29, 0.717) is 23.7 Å². The molecule has 1 fully saturated rings. The molecule has 0 saturated carbocycles. The van der Waals surface area contributed by atoms with Crippen molar-refractivity contribution in [3.8, 4) is 11.5 Å². The van der Waals surface area contributed by atoms with Crippen molar-refractivity contribution >= 4 is 15.8 Å². The molecule has 33 heavy (non-hydrogen) atoms. The fraction of sp³-hybridized carbons (Fsp3) is 0.435. The van der Waals surface area contributed by atoms with Gasteiger partial charge in [-0.2, -0.15) is 5.90 Å². The van der Waals surface area contributed by atoms with Gasteiger partial charge in [0.25, 0.3) is 0 Å². The van der Waals surface area contributed by atoms with Gasteiger partial charge in [0.15, 0.2) is 14.6 Å². The molecular formula is C23H30N2O7S. The fourth-order valence-electron chi connectivity index (χ4n) is 3.63. The Bertz CT molecular complexity index is 1020. The minimum absolute atomic E-state index is 0.0285. The molecule has 180 valence electrons. The Hall–Kier alpha value is -2.66. The van der Waals surface area contributed by atoms with Gasteiger partial charge in [-0.3, -0.25) is 4.90 Å². The SMILES string of the molecule is COc1ccc(S(=O)(=O)C(C)(Cc2ccc(OCCN3CCOCC3)cc2)C(=O)ON)cc1. The molecule has 1 aliphatic rings. The highest BCUT2D eigenvalue weighted by Gasteiger charge is 2.48. The number of nitrogens with zero attached hydrogens (tertiary/aromatic N) is 1. The molecule has 1 atom stereocenters. The average molecular weight is 479 g/mol. The van der Waals surface area contributed by atoms with Gasteiger partial charge in [-0.1, -0.05) is 12.1 Å². The van der Waals surface area contributed by atoms with Crippen molar-refractivity contribution in [2.24, 2.45) is 5.90 Å². The summed E-state index contributed by atoms with van der Waals surface area (Å²) in [6, 6.07) is 12.8. The van der Waals surface area contributed by atoms with E-state index in [9.17, 15) is 13.2 Å². The number of hydrogen-bond donors (Lipinski definition) is 1. The first kappa shape index (κ1) is 25.0. The molecule has 1 saturated heterocycles. The van der Waals surface area contributed by atoms with Crippen LogP contribution in [0.4, 0.5) is 0 Å². The molecule has 1 heterocycles. The predicted octanol–water partition coefficient (Wildman–Crippen LogP) is 1.60. The van der Waals surface area contributed by atoms with Crippen molar-refractivity contribution in [3.63, 3.8) is 0 Å². The Morgan fingerprint density at radius 3 is 2.24 bits per heavy atom. The molecule has 9 nitrogen and oxygen atoms in total. The molecule has 1 aliphatic heterocycles. The van der Waals surface area contributed by atoms with Gasteiger partial charge in [0.05, 0.1) is 25.2 Å². The summed E-state index contributed by atoms with van der Waals surface area (Å²) >= 11 is 0. The highest BCUT2D eigenvalue weighted by Crippen LogP contribution is 2.32. The quantitative estimate of drug-likeness (QED) is 0.508. The summed E-state index contributed by atoms with van der Waals surface area (Å²) in [6.07, 6.45) is -0.120. The minimum atomic E-state index is -4.13. The third-order valence-corrected chi connectivity index (χ3v) is 8.14. The van der Waals surface area contributed by atoms with Gasteiger partial charge in [0.2, 0.25) is 0 Å². The highest BCUT2D eigenvalue weighted by atomic mass is 32.2. The average Bonchev–Trinajstić information content (AvgIpc) is 2.85. The van der Waals surface area contributed by atoms with Crippen molar-refractivity contribution in [2.75, 3.05) is 46.6 Å². The minimum Gasteiger partial charge on any atom is -0.497 e. The second kappa shape index (κ2) is 11.0. The Morgan fingerprint density at radius 1 is 1.06 bits per heavy atom. The molecule has 2 N–H and O–H groups in total. The topological polar surface area (TPSA) is 117 Å². The summed E-state index contributed by atoms with van der Waals surface area (Å²) in [5.74, 6) is 5.23. The lowest BCUT2D eigenvalue weighted by atomic mass is 10.0. The smallest absolute Gasteiger partial charge is 0.346 e. The second-order valence-corrected chi connectivity index (χ2v) is 10.3. The predicted molar refractivity (Wildman–Crippen MR) is 122 cm³/mol. The Balaban J connectivity index is 1.71. The largest absolute Gasteiger partial charge is 0.497 e. The molecule has 0 bridgehead atoms. The van der Waals surface area contributed by atoms with Crippen LogP contribution in [0.1, 0.15) is 12.5 Å². The van der Waals surface area contributed by atoms with Crippen LogP contribution in [0, 0.1) is 0 Å². The summed E-state index contributed by atoms with van der Waals surface area (Å²) in [4.78, 5) is 19.2. The van der Waals surface area contributed by atoms with Crippen LogP contribution < -0.4 is 15.4 Å². The van der Waals surface area contributed by atoms with E-state index < -0.39 is 20.6 Å². The number of sulfone groups is 1. The summed E-state index contributed by atoms with van der Waals surface area (Å²) < 4.78 is 41.1. The molecule has 3 rings (SSSR count). The lowest BCUT2D eigenvalue weighted by molar-refractivity contribution is -0.146. The van der Waals surface area contributed by atoms with Crippen LogP contribution in [0.5, 0.6) is 11.5 Å². The van der Waals surface area contributed by atoms with Gasteiger partial charge in [0, 0.05) is 26.1 Å². The van der Waals surface area contributed by atoms with Crippen molar-refractivity contribution in [2.45, 2.75) is 23.0 Å². The normalized spacial score (nSPS) is 16.6. The van der Waals surface area contributed by atoms with Gasteiger partial charge in [-0.25, -0.2) is 13.2 Å². The number of methoxy groups -OCH3 is 1. The monoisotopic (exact) mass is 478 g/mol. The number of ether oxygens (including phenoxy) is 3. The van der Waals surface area contributed by atoms with E-state index in [0.717, 1.165) is 32.8 Å². The zero-order chi connectivity index (χ0) is 23.9. The molecular weight excluding hydrogens is 448 g/mol. The summed E-state index contributed by atoms with van der Waals surface area (Å²) in [5.41, 5.74) is 0.625.